The van der Waals surface area contributed by atoms with Crippen molar-refractivity contribution in [3.63, 3.8) is 0 Å². The van der Waals surface area contributed by atoms with Crippen molar-refractivity contribution in [2.45, 2.75) is 63.8 Å². The molecule has 2 amide bonds. The first-order valence-electron chi connectivity index (χ1n) is 13.8. The number of primary amides is 1. The van der Waals surface area contributed by atoms with Gasteiger partial charge in [0.05, 0.1) is 23.7 Å². The lowest BCUT2D eigenvalue weighted by molar-refractivity contribution is -0.0849. The van der Waals surface area contributed by atoms with Crippen molar-refractivity contribution in [3.8, 4) is 17.5 Å². The second kappa shape index (κ2) is 10.4. The van der Waals surface area contributed by atoms with E-state index in [0.29, 0.717) is 41.8 Å². The van der Waals surface area contributed by atoms with Crippen LogP contribution < -0.4 is 25.3 Å². The minimum absolute atomic E-state index is 0.0243. The van der Waals surface area contributed by atoms with Gasteiger partial charge in [0.1, 0.15) is 24.0 Å². The van der Waals surface area contributed by atoms with Crippen molar-refractivity contribution >= 4 is 28.2 Å². The Morgan fingerprint density at radius 2 is 1.91 bits per heavy atom. The summed E-state index contributed by atoms with van der Waals surface area (Å²) in [6, 6.07) is 9.46. The van der Waals surface area contributed by atoms with E-state index in [0.717, 1.165) is 0 Å². The van der Waals surface area contributed by atoms with Gasteiger partial charge in [0.2, 0.25) is 11.8 Å². The van der Waals surface area contributed by atoms with Gasteiger partial charge in [0.15, 0.2) is 5.69 Å². The molecule has 2 saturated carbocycles. The Bertz CT molecular complexity index is 1710. The predicted octanol–water partition coefficient (Wildman–Crippen LogP) is 3.46. The van der Waals surface area contributed by atoms with E-state index in [1.165, 1.54) is 23.8 Å². The van der Waals surface area contributed by atoms with Gasteiger partial charge >= 0.3 is 6.55 Å². The number of hydrogen-bond donors (Lipinski definition) is 3. The normalized spacial score (nSPS) is 21.6. The highest BCUT2D eigenvalue weighted by Crippen LogP contribution is 2.57. The molecule has 2 fully saturated rings. The molecule has 4 aromatic rings. The number of ether oxygens (including phenoxy) is 3. The molecule has 12 nitrogen and oxygen atoms in total. The van der Waals surface area contributed by atoms with Crippen molar-refractivity contribution in [1.29, 1.82) is 0 Å². The minimum Gasteiger partial charge on any atom is -0.491 e. The summed E-state index contributed by atoms with van der Waals surface area (Å²) < 4.78 is 46.4. The summed E-state index contributed by atoms with van der Waals surface area (Å²) in [7, 11) is 1.50. The number of nitrogens with two attached hydrogens (primary N) is 1. The van der Waals surface area contributed by atoms with Gasteiger partial charge in [-0.25, -0.2) is 4.68 Å². The quantitative estimate of drug-likeness (QED) is 0.251. The van der Waals surface area contributed by atoms with Crippen molar-refractivity contribution in [2.24, 2.45) is 11.1 Å². The fourth-order valence-corrected chi connectivity index (χ4v) is 6.10. The number of hydrogen-bond acceptors (Lipinski definition) is 8. The molecule has 0 unspecified atom stereocenters. The van der Waals surface area contributed by atoms with Crippen molar-refractivity contribution < 1.29 is 37.7 Å². The van der Waals surface area contributed by atoms with E-state index in [9.17, 15) is 23.5 Å². The molecule has 0 aliphatic heterocycles. The lowest BCUT2D eigenvalue weighted by Crippen LogP contribution is -2.58. The van der Waals surface area contributed by atoms with Gasteiger partial charge in [0, 0.05) is 23.6 Å². The van der Waals surface area contributed by atoms with Crippen LogP contribution in [0.1, 0.15) is 66.9 Å². The first-order valence-corrected chi connectivity index (χ1v) is 13.8. The monoisotopic (exact) mass is 598 g/mol. The van der Waals surface area contributed by atoms with Gasteiger partial charge in [-0.15, -0.1) is 5.10 Å². The van der Waals surface area contributed by atoms with Crippen LogP contribution in [0, 0.1) is 5.41 Å². The van der Waals surface area contributed by atoms with Crippen LogP contribution in [0.2, 0.25) is 0 Å². The Kier molecular flexibility index (Phi) is 6.91. The summed E-state index contributed by atoms with van der Waals surface area (Å²) in [4.78, 5) is 25.3. The summed E-state index contributed by atoms with van der Waals surface area (Å²) in [6.07, 6.45) is 2.63. The zero-order valence-electron chi connectivity index (χ0n) is 23.8. The Balaban J connectivity index is 1.09. The first kappa shape index (κ1) is 28.6. The number of rotatable bonds is 10. The summed E-state index contributed by atoms with van der Waals surface area (Å²) in [5, 5.41) is 21.4. The third kappa shape index (κ3) is 5.31. The van der Waals surface area contributed by atoms with Crippen molar-refractivity contribution in [1.82, 2.24) is 24.7 Å². The second-order valence-electron chi connectivity index (χ2n) is 12.0. The summed E-state index contributed by atoms with van der Waals surface area (Å²) in [5.74, 6) is -0.333. The largest absolute Gasteiger partial charge is 0.491 e. The molecule has 2 aliphatic rings. The molecule has 4 N–H and O–H groups in total. The maximum Gasteiger partial charge on any atom is 0.333 e. The third-order valence-corrected chi connectivity index (χ3v) is 8.01. The highest BCUT2D eigenvalue weighted by molar-refractivity contribution is 6.05. The number of pyridine rings is 1. The number of benzene rings is 1. The Morgan fingerprint density at radius 3 is 2.56 bits per heavy atom. The lowest BCUT2D eigenvalue weighted by Gasteiger charge is -2.57. The van der Waals surface area contributed by atoms with Gasteiger partial charge in [-0.3, -0.25) is 9.59 Å². The number of nitrogens with one attached hydrogen (secondary N) is 1. The molecule has 3 aromatic heterocycles. The SMILES string of the molecule is COc1cccc2c(C(N)=O)c(O[C@H]3CC4(C[C@H](NC(=O)c5nn(C(F)F)c6cc(OCC(C)(C)O)ccc56)C4)C3)nn12. The molecule has 1 aromatic carbocycles. The van der Waals surface area contributed by atoms with E-state index in [-0.39, 0.29) is 58.0 Å². The number of methoxy groups -OCH3 is 1. The number of aromatic nitrogens is 4. The van der Waals surface area contributed by atoms with Crippen LogP contribution in [0.4, 0.5) is 8.78 Å². The smallest absolute Gasteiger partial charge is 0.333 e. The molecular formula is C29H32F2N6O6. The van der Waals surface area contributed by atoms with Crippen LogP contribution in [0.25, 0.3) is 16.4 Å². The highest BCUT2D eigenvalue weighted by Gasteiger charge is 2.54. The number of nitrogens with zero attached hydrogens (tertiary/aromatic N) is 4. The highest BCUT2D eigenvalue weighted by atomic mass is 19.3. The molecule has 0 bridgehead atoms. The van der Waals surface area contributed by atoms with Gasteiger partial charge in [-0.2, -0.15) is 18.4 Å². The van der Waals surface area contributed by atoms with Crippen LogP contribution in [-0.2, 0) is 0 Å². The third-order valence-electron chi connectivity index (χ3n) is 8.01. The average molecular weight is 599 g/mol. The van der Waals surface area contributed by atoms with E-state index < -0.39 is 24.0 Å². The molecular weight excluding hydrogens is 566 g/mol. The van der Waals surface area contributed by atoms with E-state index in [2.05, 4.69) is 15.5 Å². The molecule has 0 atom stereocenters. The van der Waals surface area contributed by atoms with E-state index >= 15 is 0 Å². The fourth-order valence-electron chi connectivity index (χ4n) is 6.10. The summed E-state index contributed by atoms with van der Waals surface area (Å²) in [6.45, 7) is 0.135. The molecule has 43 heavy (non-hydrogen) atoms. The number of carbonyl (C=O) groups excluding carboxylic acids is 2. The van der Waals surface area contributed by atoms with Gasteiger partial charge in [-0.1, -0.05) is 6.07 Å². The number of aliphatic hydroxyl groups is 1. The molecule has 3 heterocycles. The summed E-state index contributed by atoms with van der Waals surface area (Å²) in [5.41, 5.74) is 5.13. The van der Waals surface area contributed by atoms with Crippen LogP contribution in [0.3, 0.4) is 0 Å². The minimum atomic E-state index is -2.96. The van der Waals surface area contributed by atoms with Crippen LogP contribution in [0.5, 0.6) is 17.5 Å². The fraction of sp³-hybridized carbons (Fsp3) is 0.448. The maximum absolute atomic E-state index is 13.8. The number of amides is 2. The molecule has 14 heteroatoms. The van der Waals surface area contributed by atoms with Crippen LogP contribution in [-0.4, -0.2) is 67.8 Å². The Labute approximate surface area is 244 Å². The molecule has 2 aliphatic carbocycles. The Morgan fingerprint density at radius 1 is 1.16 bits per heavy atom. The van der Waals surface area contributed by atoms with E-state index in [1.807, 2.05) is 0 Å². The molecule has 228 valence electrons. The molecule has 0 saturated heterocycles. The van der Waals surface area contributed by atoms with Crippen LogP contribution >= 0.6 is 0 Å². The van der Waals surface area contributed by atoms with Crippen molar-refractivity contribution in [2.75, 3.05) is 13.7 Å². The van der Waals surface area contributed by atoms with Gasteiger partial charge in [-0.05, 0) is 63.1 Å². The van der Waals surface area contributed by atoms with Crippen LogP contribution in [0.15, 0.2) is 36.4 Å². The topological polar surface area (TPSA) is 155 Å². The van der Waals surface area contributed by atoms with E-state index in [4.69, 9.17) is 19.9 Å². The average Bonchev–Trinajstić information content (AvgIpc) is 3.47. The predicted molar refractivity (Wildman–Crippen MR) is 150 cm³/mol. The lowest BCUT2D eigenvalue weighted by atomic mass is 9.53. The molecule has 6 rings (SSSR count). The summed E-state index contributed by atoms with van der Waals surface area (Å²) >= 11 is 0. The standard InChI is InChI=1S/C29H32F2N6O6/c1-28(2,40)14-42-16-7-8-18-20(9-16)37(27(30)31)34-23(18)25(39)33-15-10-29(11-15)12-17(13-29)43-26-22(24(32)38)19-5-4-6-21(41-3)36(19)35-26/h4-9,15,17,27,40H,10-14H2,1-3H3,(H2,32,38)(H,33,39)/t15-,17-,29?. The maximum atomic E-state index is 13.8. The van der Waals surface area contributed by atoms with Gasteiger partial charge < -0.3 is 30.4 Å². The molecule has 1 spiro atoms. The van der Waals surface area contributed by atoms with E-state index in [1.54, 1.807) is 38.1 Å². The zero-order chi connectivity index (χ0) is 30.7. The van der Waals surface area contributed by atoms with Crippen molar-refractivity contribution in [3.05, 3.63) is 47.7 Å². The second-order valence-corrected chi connectivity index (χ2v) is 12.0. The first-order chi connectivity index (χ1) is 20.4. The number of halogens is 2. The Hall–Kier alpha value is -4.46. The zero-order valence-corrected chi connectivity index (χ0v) is 23.8. The number of fused-ring (bicyclic) bond motifs is 2. The number of carbonyl (C=O) groups is 2. The van der Waals surface area contributed by atoms with Gasteiger partial charge in [0.25, 0.3) is 11.8 Å². The number of alkyl halides is 2. The molecule has 0 radical (unpaired) electrons.